The number of aromatic nitrogens is 1. The lowest BCUT2D eigenvalue weighted by Crippen LogP contribution is -2.39. The molecule has 2 aromatic carbocycles. The monoisotopic (exact) mass is 322 g/mol. The minimum absolute atomic E-state index is 0.0294. The van der Waals surface area contributed by atoms with Crippen molar-refractivity contribution in [3.05, 3.63) is 71.7 Å². The largest absolute Gasteiger partial charge is 0.357 e. The van der Waals surface area contributed by atoms with Gasteiger partial charge in [0.15, 0.2) is 0 Å². The third-order valence-electron chi connectivity index (χ3n) is 4.78. The first-order chi connectivity index (χ1) is 11.7. The van der Waals surface area contributed by atoms with Crippen LogP contribution in [0.25, 0.3) is 10.9 Å². The van der Waals surface area contributed by atoms with Crippen molar-refractivity contribution in [1.82, 2.24) is 9.88 Å². The maximum atomic E-state index is 14.0. The molecule has 3 aromatic rings. The number of halogens is 1. The Kier molecular flexibility index (Phi) is 3.81. The molecule has 1 atom stereocenters. The van der Waals surface area contributed by atoms with Crippen LogP contribution in [0.3, 0.4) is 0 Å². The fourth-order valence-corrected chi connectivity index (χ4v) is 3.56. The SMILES string of the molecule is O=C(c1ccccc1F)N1CCCCC1c1cc2ccccc2[nH]1. The van der Waals surface area contributed by atoms with Crippen LogP contribution in [0.2, 0.25) is 0 Å². The van der Waals surface area contributed by atoms with E-state index in [1.54, 1.807) is 18.2 Å². The lowest BCUT2D eigenvalue weighted by molar-refractivity contribution is 0.0602. The third-order valence-corrected chi connectivity index (χ3v) is 4.78. The molecule has 1 aliphatic rings. The van der Waals surface area contributed by atoms with Crippen LogP contribution in [0.4, 0.5) is 4.39 Å². The Morgan fingerprint density at radius 2 is 1.88 bits per heavy atom. The molecule has 2 heterocycles. The predicted molar refractivity (Wildman–Crippen MR) is 92.3 cm³/mol. The van der Waals surface area contributed by atoms with Crippen LogP contribution in [0, 0.1) is 5.82 Å². The second-order valence-corrected chi connectivity index (χ2v) is 6.30. The predicted octanol–water partition coefficient (Wildman–Crippen LogP) is 4.67. The molecular formula is C20H19FN2O. The van der Waals surface area contributed by atoms with Gasteiger partial charge in [-0.2, -0.15) is 0 Å². The molecule has 0 spiro atoms. The number of aromatic amines is 1. The molecule has 1 fully saturated rings. The summed E-state index contributed by atoms with van der Waals surface area (Å²) in [5, 5.41) is 1.14. The van der Waals surface area contributed by atoms with Crippen LogP contribution in [0.5, 0.6) is 0 Å². The average Bonchev–Trinajstić information content (AvgIpc) is 3.05. The van der Waals surface area contributed by atoms with Crippen LogP contribution >= 0.6 is 0 Å². The lowest BCUT2D eigenvalue weighted by atomic mass is 9.98. The van der Waals surface area contributed by atoms with Gasteiger partial charge in [-0.1, -0.05) is 30.3 Å². The van der Waals surface area contributed by atoms with E-state index < -0.39 is 5.82 Å². The molecule has 4 heteroatoms. The van der Waals surface area contributed by atoms with Gasteiger partial charge in [0.05, 0.1) is 11.6 Å². The number of nitrogens with one attached hydrogen (secondary N) is 1. The summed E-state index contributed by atoms with van der Waals surface area (Å²) in [7, 11) is 0. The maximum absolute atomic E-state index is 14.0. The number of likely N-dealkylation sites (tertiary alicyclic amines) is 1. The van der Waals surface area contributed by atoms with E-state index in [1.165, 1.54) is 6.07 Å². The summed E-state index contributed by atoms with van der Waals surface area (Å²) in [6.45, 7) is 0.660. The molecule has 1 amide bonds. The highest BCUT2D eigenvalue weighted by Gasteiger charge is 2.30. The summed E-state index contributed by atoms with van der Waals surface area (Å²) in [5.41, 5.74) is 2.25. The number of H-pyrrole nitrogens is 1. The van der Waals surface area contributed by atoms with Crippen molar-refractivity contribution in [1.29, 1.82) is 0 Å². The summed E-state index contributed by atoms with van der Waals surface area (Å²) in [5.74, 6) is -0.681. The fourth-order valence-electron chi connectivity index (χ4n) is 3.56. The van der Waals surface area contributed by atoms with Crippen molar-refractivity contribution in [3.63, 3.8) is 0 Å². The van der Waals surface area contributed by atoms with Crippen LogP contribution in [0.15, 0.2) is 54.6 Å². The smallest absolute Gasteiger partial charge is 0.257 e. The van der Waals surface area contributed by atoms with Crippen molar-refractivity contribution in [2.45, 2.75) is 25.3 Å². The van der Waals surface area contributed by atoms with Gasteiger partial charge >= 0.3 is 0 Å². The zero-order chi connectivity index (χ0) is 16.5. The minimum atomic E-state index is -0.455. The van der Waals surface area contributed by atoms with E-state index in [9.17, 15) is 9.18 Å². The van der Waals surface area contributed by atoms with E-state index in [0.29, 0.717) is 6.54 Å². The van der Waals surface area contributed by atoms with Crippen molar-refractivity contribution >= 4 is 16.8 Å². The van der Waals surface area contributed by atoms with Gasteiger partial charge in [0.1, 0.15) is 5.82 Å². The van der Waals surface area contributed by atoms with Crippen molar-refractivity contribution in [2.24, 2.45) is 0 Å². The third kappa shape index (κ3) is 2.58. The fraction of sp³-hybridized carbons (Fsp3) is 0.250. The molecule has 24 heavy (non-hydrogen) atoms. The summed E-state index contributed by atoms with van der Waals surface area (Å²) in [6.07, 6.45) is 2.92. The number of fused-ring (bicyclic) bond motifs is 1. The molecule has 0 radical (unpaired) electrons. The number of rotatable bonds is 2. The molecule has 0 aliphatic carbocycles. The van der Waals surface area contributed by atoms with Gasteiger partial charge in [-0.3, -0.25) is 4.79 Å². The zero-order valence-electron chi connectivity index (χ0n) is 13.3. The molecular weight excluding hydrogens is 303 g/mol. The molecule has 1 aliphatic heterocycles. The Bertz CT molecular complexity index is 853. The summed E-state index contributed by atoms with van der Waals surface area (Å²) >= 11 is 0. The number of hydrogen-bond donors (Lipinski definition) is 1. The van der Waals surface area contributed by atoms with Gasteiger partial charge in [-0.25, -0.2) is 4.39 Å². The highest BCUT2D eigenvalue weighted by Crippen LogP contribution is 2.33. The van der Waals surface area contributed by atoms with Crippen LogP contribution < -0.4 is 0 Å². The quantitative estimate of drug-likeness (QED) is 0.731. The van der Waals surface area contributed by atoms with Crippen molar-refractivity contribution < 1.29 is 9.18 Å². The number of carbonyl (C=O) groups excluding carboxylic acids is 1. The van der Waals surface area contributed by atoms with E-state index in [2.05, 4.69) is 17.1 Å². The molecule has 122 valence electrons. The topological polar surface area (TPSA) is 36.1 Å². The van der Waals surface area contributed by atoms with Gasteiger partial charge in [0.25, 0.3) is 5.91 Å². The Morgan fingerprint density at radius 3 is 2.71 bits per heavy atom. The summed E-state index contributed by atoms with van der Waals surface area (Å²) in [6, 6.07) is 16.4. The maximum Gasteiger partial charge on any atom is 0.257 e. The molecule has 0 saturated carbocycles. The number of carbonyl (C=O) groups is 1. The zero-order valence-corrected chi connectivity index (χ0v) is 13.3. The van der Waals surface area contributed by atoms with E-state index in [-0.39, 0.29) is 17.5 Å². The number of piperidine rings is 1. The van der Waals surface area contributed by atoms with E-state index >= 15 is 0 Å². The minimum Gasteiger partial charge on any atom is -0.357 e. The Morgan fingerprint density at radius 1 is 1.08 bits per heavy atom. The van der Waals surface area contributed by atoms with Crippen LogP contribution in [-0.2, 0) is 0 Å². The second kappa shape index (κ2) is 6.11. The Labute approximate surface area is 140 Å². The van der Waals surface area contributed by atoms with E-state index in [1.807, 2.05) is 23.1 Å². The van der Waals surface area contributed by atoms with E-state index in [4.69, 9.17) is 0 Å². The highest BCUT2D eigenvalue weighted by molar-refractivity contribution is 5.95. The van der Waals surface area contributed by atoms with Gasteiger partial charge in [-0.15, -0.1) is 0 Å². The summed E-state index contributed by atoms with van der Waals surface area (Å²) in [4.78, 5) is 18.1. The Balaban J connectivity index is 1.70. The number of amides is 1. The van der Waals surface area contributed by atoms with Gasteiger partial charge in [-0.05, 0) is 48.9 Å². The first kappa shape index (κ1) is 14.9. The number of nitrogens with zero attached hydrogens (tertiary/aromatic N) is 1. The van der Waals surface area contributed by atoms with Crippen LogP contribution in [-0.4, -0.2) is 22.3 Å². The first-order valence-corrected chi connectivity index (χ1v) is 8.37. The number of para-hydroxylation sites is 1. The van der Waals surface area contributed by atoms with Gasteiger partial charge in [0.2, 0.25) is 0 Å². The molecule has 0 bridgehead atoms. The molecule has 1 unspecified atom stereocenters. The molecule has 1 saturated heterocycles. The number of hydrogen-bond acceptors (Lipinski definition) is 1. The molecule has 3 nitrogen and oxygen atoms in total. The number of benzene rings is 2. The standard InChI is InChI=1S/C20H19FN2O/c21-16-9-3-2-8-15(16)20(24)23-12-6-5-11-19(23)18-13-14-7-1-4-10-17(14)22-18/h1-4,7-10,13,19,22H,5-6,11-12H2. The average molecular weight is 322 g/mol. The second-order valence-electron chi connectivity index (χ2n) is 6.30. The van der Waals surface area contributed by atoms with Crippen molar-refractivity contribution in [3.8, 4) is 0 Å². The summed E-state index contributed by atoms with van der Waals surface area (Å²) < 4.78 is 14.0. The Hall–Kier alpha value is -2.62. The molecule has 4 rings (SSSR count). The molecule has 1 N–H and O–H groups in total. The van der Waals surface area contributed by atoms with Crippen molar-refractivity contribution in [2.75, 3.05) is 6.54 Å². The van der Waals surface area contributed by atoms with Crippen LogP contribution in [0.1, 0.15) is 41.4 Å². The normalized spacial score (nSPS) is 18.0. The molecule has 1 aromatic heterocycles. The van der Waals surface area contributed by atoms with E-state index in [0.717, 1.165) is 35.9 Å². The first-order valence-electron chi connectivity index (χ1n) is 8.37. The van der Waals surface area contributed by atoms with Gasteiger partial charge < -0.3 is 9.88 Å². The highest BCUT2D eigenvalue weighted by atomic mass is 19.1. The van der Waals surface area contributed by atoms with Gasteiger partial charge in [0, 0.05) is 17.8 Å². The lowest BCUT2D eigenvalue weighted by Gasteiger charge is -2.35.